The number of nitrogens with two attached hydrogens (primary N) is 1. The third-order valence-corrected chi connectivity index (χ3v) is 5.40. The summed E-state index contributed by atoms with van der Waals surface area (Å²) in [6, 6.07) is 18.0. The smallest absolute Gasteiger partial charge is 0.266 e. The van der Waals surface area contributed by atoms with E-state index in [2.05, 4.69) is 36.5 Å². The van der Waals surface area contributed by atoms with Gasteiger partial charge in [-0.25, -0.2) is 9.67 Å². The first kappa shape index (κ1) is 21.7. The highest BCUT2D eigenvalue weighted by molar-refractivity contribution is 5.91. The Morgan fingerprint density at radius 3 is 2.63 bits per heavy atom. The Morgan fingerprint density at radius 1 is 1.03 bits per heavy atom. The van der Waals surface area contributed by atoms with Crippen molar-refractivity contribution in [1.29, 1.82) is 5.26 Å². The van der Waals surface area contributed by atoms with Crippen LogP contribution in [-0.2, 0) is 13.6 Å². The zero-order chi connectivity index (χ0) is 24.5. The van der Waals surface area contributed by atoms with Gasteiger partial charge in [-0.3, -0.25) is 9.78 Å². The van der Waals surface area contributed by atoms with E-state index in [1.54, 1.807) is 31.3 Å². The van der Waals surface area contributed by atoms with Gasteiger partial charge in [0.2, 0.25) is 11.9 Å². The molecule has 5 aromatic rings. The first-order chi connectivity index (χ1) is 16.9. The van der Waals surface area contributed by atoms with Crippen LogP contribution in [0.25, 0.3) is 28.2 Å². The molecule has 1 aromatic carbocycles. The van der Waals surface area contributed by atoms with E-state index in [1.807, 2.05) is 31.2 Å². The highest BCUT2D eigenvalue weighted by Crippen LogP contribution is 2.35. The van der Waals surface area contributed by atoms with Crippen LogP contribution in [0.15, 0.2) is 59.4 Å². The average molecular weight is 464 g/mol. The zero-order valence-electron chi connectivity index (χ0n) is 19.0. The van der Waals surface area contributed by atoms with E-state index in [0.29, 0.717) is 46.2 Å². The fourth-order valence-electron chi connectivity index (χ4n) is 3.75. The minimum atomic E-state index is -0.262. The molecule has 11 heteroatoms. The maximum absolute atomic E-state index is 12.0. The number of nitrogens with one attached hydrogen (secondary N) is 1. The van der Waals surface area contributed by atoms with Gasteiger partial charge in [-0.05, 0) is 31.2 Å². The summed E-state index contributed by atoms with van der Waals surface area (Å²) >= 11 is 0. The van der Waals surface area contributed by atoms with Crippen molar-refractivity contribution < 1.29 is 0 Å². The van der Waals surface area contributed by atoms with Crippen LogP contribution in [0.2, 0.25) is 0 Å². The van der Waals surface area contributed by atoms with E-state index < -0.39 is 0 Å². The molecule has 0 atom stereocenters. The lowest BCUT2D eigenvalue weighted by Gasteiger charge is -2.12. The molecule has 172 valence electrons. The van der Waals surface area contributed by atoms with Gasteiger partial charge in [0.05, 0.1) is 40.8 Å². The molecular formula is C24H20N10O. The highest BCUT2D eigenvalue weighted by atomic mass is 16.1. The molecule has 35 heavy (non-hydrogen) atoms. The predicted molar refractivity (Wildman–Crippen MR) is 130 cm³/mol. The van der Waals surface area contributed by atoms with Gasteiger partial charge in [-0.2, -0.15) is 19.9 Å². The lowest BCUT2D eigenvalue weighted by molar-refractivity contribution is 0.712. The van der Waals surface area contributed by atoms with Gasteiger partial charge >= 0.3 is 0 Å². The summed E-state index contributed by atoms with van der Waals surface area (Å²) < 4.78 is 2.63. The monoisotopic (exact) mass is 464 g/mol. The third-order valence-electron chi connectivity index (χ3n) is 5.40. The average Bonchev–Trinajstić information content (AvgIpc) is 3.29. The van der Waals surface area contributed by atoms with Gasteiger partial charge < -0.3 is 11.1 Å². The van der Waals surface area contributed by atoms with Crippen LogP contribution in [0.1, 0.15) is 17.0 Å². The number of nitriles is 1. The normalized spacial score (nSPS) is 10.9. The number of anilines is 2. The van der Waals surface area contributed by atoms with Crippen molar-refractivity contribution in [3.8, 4) is 28.6 Å². The SMILES string of the molecule is Cc1cccc(CNc2nc3c(-c4ccc(=O)n(C)n4)c(-c4ccccc4C#N)nc(N)n3n2)n1. The van der Waals surface area contributed by atoms with Crippen molar-refractivity contribution in [1.82, 2.24) is 34.3 Å². The summed E-state index contributed by atoms with van der Waals surface area (Å²) in [5, 5.41) is 21.7. The molecule has 0 radical (unpaired) electrons. The molecule has 0 saturated heterocycles. The minimum Gasteiger partial charge on any atom is -0.368 e. The van der Waals surface area contributed by atoms with Crippen LogP contribution in [0.4, 0.5) is 11.9 Å². The number of hydrogen-bond donors (Lipinski definition) is 2. The topological polar surface area (TPSA) is 153 Å². The van der Waals surface area contributed by atoms with E-state index in [4.69, 9.17) is 5.73 Å². The summed E-state index contributed by atoms with van der Waals surface area (Å²) in [6.45, 7) is 2.33. The number of aromatic nitrogens is 7. The predicted octanol–water partition coefficient (Wildman–Crippen LogP) is 2.32. The highest BCUT2D eigenvalue weighted by Gasteiger charge is 2.23. The van der Waals surface area contributed by atoms with E-state index in [9.17, 15) is 10.1 Å². The number of hydrogen-bond acceptors (Lipinski definition) is 9. The first-order valence-electron chi connectivity index (χ1n) is 10.7. The van der Waals surface area contributed by atoms with Crippen molar-refractivity contribution in [3.63, 3.8) is 0 Å². The molecule has 0 aliphatic rings. The lowest BCUT2D eigenvalue weighted by Crippen LogP contribution is -2.18. The lowest BCUT2D eigenvalue weighted by atomic mass is 9.99. The molecule has 0 saturated carbocycles. The number of aryl methyl sites for hydroxylation is 2. The molecule has 0 amide bonds. The second-order valence-corrected chi connectivity index (χ2v) is 7.83. The van der Waals surface area contributed by atoms with Crippen molar-refractivity contribution in [2.75, 3.05) is 11.1 Å². The number of rotatable bonds is 5. The van der Waals surface area contributed by atoms with Gasteiger partial charge in [0.15, 0.2) is 5.65 Å². The standard InChI is InChI=1S/C24H20N10O/c1-14-6-5-8-16(28-14)13-27-24-30-22-20(18-10-11-19(35)33(2)31-18)21(29-23(26)34(22)32-24)17-9-4-3-7-15(17)12-25/h3-11H,13H2,1-2H3,(H2,26,29)(H,27,32). The number of fused-ring (bicyclic) bond motifs is 1. The molecule has 4 heterocycles. The summed E-state index contributed by atoms with van der Waals surface area (Å²) in [5.74, 6) is 0.407. The van der Waals surface area contributed by atoms with Gasteiger partial charge in [0.25, 0.3) is 5.56 Å². The van der Waals surface area contributed by atoms with Gasteiger partial charge in [-0.15, -0.1) is 5.10 Å². The summed E-state index contributed by atoms with van der Waals surface area (Å²) in [5.41, 5.74) is 10.5. The molecule has 0 aliphatic carbocycles. The molecule has 4 aromatic heterocycles. The second kappa shape index (κ2) is 8.68. The van der Waals surface area contributed by atoms with Crippen LogP contribution < -0.4 is 16.6 Å². The van der Waals surface area contributed by atoms with Crippen molar-refractivity contribution in [2.45, 2.75) is 13.5 Å². The molecule has 5 rings (SSSR count). The fraction of sp³-hybridized carbons (Fsp3) is 0.125. The van der Waals surface area contributed by atoms with Gasteiger partial charge in [-0.1, -0.05) is 24.3 Å². The van der Waals surface area contributed by atoms with Crippen LogP contribution in [0.3, 0.4) is 0 Å². The largest absolute Gasteiger partial charge is 0.368 e. The Hall–Kier alpha value is -5.11. The van der Waals surface area contributed by atoms with Crippen LogP contribution in [0.5, 0.6) is 0 Å². The van der Waals surface area contributed by atoms with Gasteiger partial charge in [0, 0.05) is 24.4 Å². The number of benzene rings is 1. The Balaban J connectivity index is 1.71. The van der Waals surface area contributed by atoms with Crippen molar-refractivity contribution >= 4 is 17.5 Å². The van der Waals surface area contributed by atoms with E-state index in [0.717, 1.165) is 11.4 Å². The molecule has 0 spiro atoms. The molecule has 0 fully saturated rings. The second-order valence-electron chi connectivity index (χ2n) is 7.83. The summed E-state index contributed by atoms with van der Waals surface area (Å²) in [4.78, 5) is 25.7. The van der Waals surface area contributed by atoms with Crippen LogP contribution in [-0.4, -0.2) is 34.3 Å². The molecule has 0 unspecified atom stereocenters. The molecule has 0 bridgehead atoms. The van der Waals surface area contributed by atoms with Crippen LogP contribution in [0, 0.1) is 18.3 Å². The van der Waals surface area contributed by atoms with E-state index in [-0.39, 0.29) is 11.5 Å². The number of nitrogen functional groups attached to an aromatic ring is 1. The van der Waals surface area contributed by atoms with E-state index >= 15 is 0 Å². The first-order valence-corrected chi connectivity index (χ1v) is 10.7. The number of pyridine rings is 1. The zero-order valence-corrected chi connectivity index (χ0v) is 19.0. The molecular weight excluding hydrogens is 444 g/mol. The van der Waals surface area contributed by atoms with E-state index in [1.165, 1.54) is 15.3 Å². The summed E-state index contributed by atoms with van der Waals surface area (Å²) in [7, 11) is 1.56. The molecule has 3 N–H and O–H groups in total. The summed E-state index contributed by atoms with van der Waals surface area (Å²) in [6.07, 6.45) is 0. The fourth-order valence-corrected chi connectivity index (χ4v) is 3.75. The molecule has 11 nitrogen and oxygen atoms in total. The molecule has 0 aliphatic heterocycles. The van der Waals surface area contributed by atoms with Crippen molar-refractivity contribution in [3.05, 3.63) is 81.9 Å². The van der Waals surface area contributed by atoms with Gasteiger partial charge in [0.1, 0.15) is 0 Å². The maximum Gasteiger partial charge on any atom is 0.266 e. The van der Waals surface area contributed by atoms with Crippen LogP contribution >= 0.6 is 0 Å². The Bertz CT molecular complexity index is 1680. The number of nitrogens with zero attached hydrogens (tertiary/aromatic N) is 8. The Labute approximate surface area is 199 Å². The Morgan fingerprint density at radius 2 is 1.86 bits per heavy atom. The quantitative estimate of drug-likeness (QED) is 0.399. The van der Waals surface area contributed by atoms with Crippen molar-refractivity contribution in [2.24, 2.45) is 7.05 Å². The third kappa shape index (κ3) is 4.04. The Kier molecular flexibility index (Phi) is 5.39. The minimum absolute atomic E-state index is 0.0885. The maximum atomic E-state index is 12.0.